The van der Waals surface area contributed by atoms with Crippen molar-refractivity contribution in [3.8, 4) is 0 Å². The molecular weight excluding hydrogens is 241 g/mol. The molecule has 1 atom stereocenters. The van der Waals surface area contributed by atoms with Crippen molar-refractivity contribution >= 4 is 0 Å². The summed E-state index contributed by atoms with van der Waals surface area (Å²) in [5, 5.41) is 0. The van der Waals surface area contributed by atoms with Crippen molar-refractivity contribution < 1.29 is 22.0 Å². The first-order valence-corrected chi connectivity index (χ1v) is 5.04. The van der Waals surface area contributed by atoms with Crippen molar-refractivity contribution in [2.45, 2.75) is 19.0 Å². The summed E-state index contributed by atoms with van der Waals surface area (Å²) in [5.74, 6) is -3.43. The Balaban J connectivity index is 2.86. The van der Waals surface area contributed by atoms with Crippen LogP contribution in [0.25, 0.3) is 0 Å². The van der Waals surface area contributed by atoms with Crippen molar-refractivity contribution in [3.63, 3.8) is 0 Å². The maximum Gasteiger partial charge on any atom is 0.392 e. The van der Waals surface area contributed by atoms with Crippen LogP contribution >= 0.6 is 0 Å². The minimum absolute atomic E-state index is 0.0155. The molecule has 0 radical (unpaired) electrons. The van der Waals surface area contributed by atoms with E-state index < -0.39 is 30.1 Å². The van der Waals surface area contributed by atoms with Crippen molar-refractivity contribution in [2.24, 2.45) is 11.7 Å². The molecule has 0 aromatic heterocycles. The Bertz CT molecular complexity index is 354. The van der Waals surface area contributed by atoms with E-state index >= 15 is 0 Å². The molecule has 2 N–H and O–H groups in total. The molecular formula is C11H12F5N. The largest absolute Gasteiger partial charge is 0.392 e. The van der Waals surface area contributed by atoms with Gasteiger partial charge in [-0.1, -0.05) is 0 Å². The lowest BCUT2D eigenvalue weighted by atomic mass is 9.95. The summed E-state index contributed by atoms with van der Waals surface area (Å²) in [7, 11) is 0. The highest BCUT2D eigenvalue weighted by Crippen LogP contribution is 2.31. The molecule has 1 rings (SSSR count). The monoisotopic (exact) mass is 253 g/mol. The Labute approximate surface area is 95.4 Å². The number of halogens is 5. The summed E-state index contributed by atoms with van der Waals surface area (Å²) < 4.78 is 63.3. The van der Waals surface area contributed by atoms with Crippen LogP contribution in [-0.4, -0.2) is 12.7 Å². The third kappa shape index (κ3) is 4.30. The maximum absolute atomic E-state index is 12.8. The average molecular weight is 253 g/mol. The van der Waals surface area contributed by atoms with E-state index in [0.29, 0.717) is 6.07 Å². The van der Waals surface area contributed by atoms with E-state index in [9.17, 15) is 22.0 Å². The number of alkyl halides is 3. The fraction of sp³-hybridized carbons (Fsp3) is 0.455. The third-order valence-electron chi connectivity index (χ3n) is 2.38. The Morgan fingerprint density at radius 1 is 1.06 bits per heavy atom. The molecule has 1 unspecified atom stereocenters. The van der Waals surface area contributed by atoms with Crippen LogP contribution < -0.4 is 5.73 Å². The third-order valence-corrected chi connectivity index (χ3v) is 2.38. The fourth-order valence-electron chi connectivity index (χ4n) is 1.60. The summed E-state index contributed by atoms with van der Waals surface area (Å²) in [4.78, 5) is 0. The van der Waals surface area contributed by atoms with E-state index in [1.165, 1.54) is 0 Å². The predicted molar refractivity (Wildman–Crippen MR) is 53.3 cm³/mol. The first kappa shape index (κ1) is 13.9. The van der Waals surface area contributed by atoms with Gasteiger partial charge in [0.15, 0.2) is 0 Å². The van der Waals surface area contributed by atoms with Crippen LogP contribution in [0.3, 0.4) is 0 Å². The molecule has 0 bridgehead atoms. The van der Waals surface area contributed by atoms with E-state index in [4.69, 9.17) is 5.73 Å². The van der Waals surface area contributed by atoms with Crippen LogP contribution in [0.15, 0.2) is 18.2 Å². The zero-order chi connectivity index (χ0) is 13.1. The second-order valence-corrected chi connectivity index (χ2v) is 3.80. The SMILES string of the molecule is NCCC(Cc1cc(F)cc(F)c1)C(F)(F)F. The first-order valence-electron chi connectivity index (χ1n) is 5.04. The molecule has 96 valence electrons. The Hall–Kier alpha value is -1.17. The van der Waals surface area contributed by atoms with Crippen LogP contribution in [0.5, 0.6) is 0 Å². The number of hydrogen-bond acceptors (Lipinski definition) is 1. The summed E-state index contributed by atoms with van der Waals surface area (Å²) in [5.41, 5.74) is 5.08. The summed E-state index contributed by atoms with van der Waals surface area (Å²) in [6.07, 6.45) is -5.14. The molecule has 0 aliphatic rings. The molecule has 0 aliphatic carbocycles. The Kier molecular flexibility index (Phi) is 4.45. The van der Waals surface area contributed by atoms with Gasteiger partial charge in [0.2, 0.25) is 0 Å². The van der Waals surface area contributed by atoms with Gasteiger partial charge in [-0.3, -0.25) is 0 Å². The van der Waals surface area contributed by atoms with E-state index in [1.807, 2.05) is 0 Å². The normalized spacial score (nSPS) is 13.8. The highest BCUT2D eigenvalue weighted by Gasteiger charge is 2.38. The van der Waals surface area contributed by atoms with Gasteiger partial charge < -0.3 is 5.73 Å². The van der Waals surface area contributed by atoms with Crippen LogP contribution in [0.4, 0.5) is 22.0 Å². The highest BCUT2D eigenvalue weighted by molar-refractivity contribution is 5.18. The van der Waals surface area contributed by atoms with E-state index in [2.05, 4.69) is 0 Å². The van der Waals surface area contributed by atoms with Crippen LogP contribution in [0.1, 0.15) is 12.0 Å². The number of rotatable bonds is 4. The van der Waals surface area contributed by atoms with Gasteiger partial charge in [0.05, 0.1) is 5.92 Å². The lowest BCUT2D eigenvalue weighted by Crippen LogP contribution is -2.27. The van der Waals surface area contributed by atoms with Gasteiger partial charge in [-0.2, -0.15) is 13.2 Å². The summed E-state index contributed by atoms with van der Waals surface area (Å²) >= 11 is 0. The minimum atomic E-state index is -4.41. The topological polar surface area (TPSA) is 26.0 Å². The molecule has 6 heteroatoms. The second-order valence-electron chi connectivity index (χ2n) is 3.80. The lowest BCUT2D eigenvalue weighted by Gasteiger charge is -2.19. The number of hydrogen-bond donors (Lipinski definition) is 1. The number of nitrogens with two attached hydrogens (primary N) is 1. The van der Waals surface area contributed by atoms with Crippen LogP contribution in [-0.2, 0) is 6.42 Å². The predicted octanol–water partition coefficient (Wildman–Crippen LogP) is 3.03. The molecule has 1 aromatic rings. The average Bonchev–Trinajstić information content (AvgIpc) is 2.13. The zero-order valence-electron chi connectivity index (χ0n) is 8.90. The molecule has 0 aliphatic heterocycles. The van der Waals surface area contributed by atoms with Gasteiger partial charge in [0.25, 0.3) is 0 Å². The van der Waals surface area contributed by atoms with Crippen molar-refractivity contribution in [3.05, 3.63) is 35.4 Å². The van der Waals surface area contributed by atoms with Gasteiger partial charge >= 0.3 is 6.18 Å². The van der Waals surface area contributed by atoms with Crippen molar-refractivity contribution in [2.75, 3.05) is 6.54 Å². The van der Waals surface area contributed by atoms with Gasteiger partial charge in [-0.25, -0.2) is 8.78 Å². The molecule has 0 fully saturated rings. The number of benzene rings is 1. The Morgan fingerprint density at radius 3 is 2.00 bits per heavy atom. The van der Waals surface area contributed by atoms with E-state index in [-0.39, 0.29) is 18.5 Å². The maximum atomic E-state index is 12.8. The van der Waals surface area contributed by atoms with E-state index in [0.717, 1.165) is 12.1 Å². The fourth-order valence-corrected chi connectivity index (χ4v) is 1.60. The summed E-state index contributed by atoms with van der Waals surface area (Å²) in [6.45, 7) is -0.123. The quantitative estimate of drug-likeness (QED) is 0.820. The van der Waals surface area contributed by atoms with Gasteiger partial charge in [0, 0.05) is 6.07 Å². The molecule has 0 spiro atoms. The van der Waals surface area contributed by atoms with Crippen LogP contribution in [0, 0.1) is 17.6 Å². The molecule has 1 aromatic carbocycles. The standard InChI is InChI=1S/C11H12F5N/c12-9-4-7(5-10(13)6-9)3-8(1-2-17)11(14,15)16/h4-6,8H,1-3,17H2. The smallest absolute Gasteiger partial charge is 0.330 e. The molecule has 17 heavy (non-hydrogen) atoms. The highest BCUT2D eigenvalue weighted by atomic mass is 19.4. The first-order chi connectivity index (χ1) is 7.82. The van der Waals surface area contributed by atoms with Crippen molar-refractivity contribution in [1.29, 1.82) is 0 Å². The lowest BCUT2D eigenvalue weighted by molar-refractivity contribution is -0.175. The van der Waals surface area contributed by atoms with Gasteiger partial charge in [0.1, 0.15) is 11.6 Å². The molecule has 0 saturated carbocycles. The molecule has 0 amide bonds. The molecule has 0 heterocycles. The molecule has 1 nitrogen and oxygen atoms in total. The second kappa shape index (κ2) is 5.44. The van der Waals surface area contributed by atoms with Gasteiger partial charge in [-0.05, 0) is 37.1 Å². The van der Waals surface area contributed by atoms with Crippen molar-refractivity contribution in [1.82, 2.24) is 0 Å². The zero-order valence-corrected chi connectivity index (χ0v) is 8.90. The Morgan fingerprint density at radius 2 is 1.59 bits per heavy atom. The van der Waals surface area contributed by atoms with E-state index in [1.54, 1.807) is 0 Å². The van der Waals surface area contributed by atoms with Gasteiger partial charge in [-0.15, -0.1) is 0 Å². The van der Waals surface area contributed by atoms with Crippen LogP contribution in [0.2, 0.25) is 0 Å². The minimum Gasteiger partial charge on any atom is -0.330 e. The summed E-state index contributed by atoms with van der Waals surface area (Å²) in [6, 6.07) is 2.42. The molecule has 0 saturated heterocycles.